The van der Waals surface area contributed by atoms with E-state index in [9.17, 15) is 0 Å². The van der Waals surface area contributed by atoms with Gasteiger partial charge >= 0.3 is 0 Å². The minimum atomic E-state index is 0. The molecule has 1 N–H and O–H groups in total. The van der Waals surface area contributed by atoms with E-state index in [0.29, 0.717) is 12.2 Å². The van der Waals surface area contributed by atoms with E-state index in [1.54, 1.807) is 0 Å². The average molecular weight is 537 g/mol. The highest BCUT2D eigenvalue weighted by atomic mass is 127. The summed E-state index contributed by atoms with van der Waals surface area (Å²) in [7, 11) is 4.20. The maximum absolute atomic E-state index is 6.15. The van der Waals surface area contributed by atoms with Gasteiger partial charge < -0.3 is 24.6 Å². The van der Waals surface area contributed by atoms with Crippen molar-refractivity contribution in [3.63, 3.8) is 0 Å². The van der Waals surface area contributed by atoms with Gasteiger partial charge in [0, 0.05) is 39.3 Å². The Hall–Kier alpha value is -0.120. The molecule has 1 saturated carbocycles. The molecule has 0 aromatic rings. The number of nitrogens with one attached hydrogen (secondary N) is 1. The van der Waals surface area contributed by atoms with Gasteiger partial charge in [-0.15, -0.1) is 24.0 Å². The molecule has 0 bridgehead atoms. The second-order valence-electron chi connectivity index (χ2n) is 9.11. The second-order valence-corrected chi connectivity index (χ2v) is 9.11. The number of nitrogens with zero attached hydrogens (tertiary/aromatic N) is 3. The van der Waals surface area contributed by atoms with E-state index in [4.69, 9.17) is 9.47 Å². The van der Waals surface area contributed by atoms with Gasteiger partial charge in [0.25, 0.3) is 0 Å². The Balaban J connectivity index is 0.00000320. The normalized spacial score (nSPS) is 24.7. The Kier molecular flexibility index (Phi) is 12.9. The first-order valence-corrected chi connectivity index (χ1v) is 12.2. The molecule has 1 unspecified atom stereocenters. The first-order chi connectivity index (χ1) is 14.3. The van der Waals surface area contributed by atoms with Crippen LogP contribution >= 0.6 is 24.0 Å². The van der Waals surface area contributed by atoms with Crippen molar-refractivity contribution in [3.8, 4) is 0 Å². The molecule has 2 heterocycles. The highest BCUT2D eigenvalue weighted by Gasteiger charge is 2.24. The Morgan fingerprint density at radius 1 is 1.07 bits per heavy atom. The van der Waals surface area contributed by atoms with Gasteiger partial charge in [0.15, 0.2) is 5.96 Å². The minimum Gasteiger partial charge on any atom is -0.376 e. The van der Waals surface area contributed by atoms with Crippen LogP contribution in [0.1, 0.15) is 70.6 Å². The summed E-state index contributed by atoms with van der Waals surface area (Å²) in [5.41, 5.74) is 0. The number of aliphatic imine (C=N–C) groups is 1. The van der Waals surface area contributed by atoms with Crippen LogP contribution in [0, 0.1) is 0 Å². The van der Waals surface area contributed by atoms with Gasteiger partial charge in [0.05, 0.1) is 18.8 Å². The molecule has 0 amide bonds. The zero-order valence-electron chi connectivity index (χ0n) is 19.3. The summed E-state index contributed by atoms with van der Waals surface area (Å²) in [5, 5.41) is 3.58. The predicted molar refractivity (Wildman–Crippen MR) is 135 cm³/mol. The van der Waals surface area contributed by atoms with E-state index in [0.717, 1.165) is 64.1 Å². The Labute approximate surface area is 201 Å². The smallest absolute Gasteiger partial charge is 0.193 e. The molecule has 7 heteroatoms. The summed E-state index contributed by atoms with van der Waals surface area (Å²) in [4.78, 5) is 9.48. The molecule has 2 saturated heterocycles. The van der Waals surface area contributed by atoms with E-state index in [2.05, 4.69) is 27.2 Å². The zero-order valence-corrected chi connectivity index (χ0v) is 21.6. The summed E-state index contributed by atoms with van der Waals surface area (Å²) >= 11 is 0. The zero-order chi connectivity index (χ0) is 20.3. The first kappa shape index (κ1) is 26.1. The monoisotopic (exact) mass is 536 g/mol. The third-order valence-electron chi connectivity index (χ3n) is 6.91. The number of ether oxygens (including phenoxy) is 2. The van der Waals surface area contributed by atoms with Crippen molar-refractivity contribution >= 4 is 29.9 Å². The summed E-state index contributed by atoms with van der Waals surface area (Å²) in [6, 6.07) is 0.807. The maximum atomic E-state index is 6.15. The van der Waals surface area contributed by atoms with Gasteiger partial charge in [-0.05, 0) is 65.0 Å². The van der Waals surface area contributed by atoms with Crippen LogP contribution in [0.5, 0.6) is 0 Å². The molecule has 3 rings (SSSR count). The molecule has 6 nitrogen and oxygen atoms in total. The highest BCUT2D eigenvalue weighted by Crippen LogP contribution is 2.21. The summed E-state index contributed by atoms with van der Waals surface area (Å²) in [6.45, 7) is 5.90. The Bertz CT molecular complexity index is 474. The van der Waals surface area contributed by atoms with Crippen LogP contribution in [0.2, 0.25) is 0 Å². The SMILES string of the molecule is CN=C(NCCCN(C)C1CCCCC1)N1CCC(OCC2CCCCO2)CC1.I. The lowest BCUT2D eigenvalue weighted by Gasteiger charge is -2.35. The van der Waals surface area contributed by atoms with Crippen LogP contribution in [0.25, 0.3) is 0 Å². The molecule has 1 atom stereocenters. The molecule has 0 aromatic carbocycles. The maximum Gasteiger partial charge on any atom is 0.193 e. The fourth-order valence-electron chi connectivity index (χ4n) is 4.98. The number of rotatable bonds is 8. The summed E-state index contributed by atoms with van der Waals surface area (Å²) in [6.07, 6.45) is 14.7. The lowest BCUT2D eigenvalue weighted by molar-refractivity contribution is -0.0721. The first-order valence-electron chi connectivity index (χ1n) is 12.2. The van der Waals surface area contributed by atoms with Gasteiger partial charge in [0.1, 0.15) is 0 Å². The number of guanidine groups is 1. The largest absolute Gasteiger partial charge is 0.376 e. The number of hydrogen-bond acceptors (Lipinski definition) is 4. The van der Waals surface area contributed by atoms with Crippen LogP contribution in [-0.4, -0.2) is 87.5 Å². The topological polar surface area (TPSA) is 49.3 Å². The molecule has 0 radical (unpaired) electrons. The van der Waals surface area contributed by atoms with E-state index in [1.807, 2.05) is 7.05 Å². The molecule has 0 aromatic heterocycles. The van der Waals surface area contributed by atoms with Crippen LogP contribution in [0.3, 0.4) is 0 Å². The van der Waals surface area contributed by atoms with Crippen molar-refractivity contribution in [2.45, 2.75) is 88.9 Å². The van der Waals surface area contributed by atoms with Crippen LogP contribution in [0.15, 0.2) is 4.99 Å². The average Bonchev–Trinajstić information content (AvgIpc) is 2.79. The van der Waals surface area contributed by atoms with E-state index < -0.39 is 0 Å². The van der Waals surface area contributed by atoms with Gasteiger partial charge in [-0.1, -0.05) is 19.3 Å². The minimum absolute atomic E-state index is 0. The third-order valence-corrected chi connectivity index (χ3v) is 6.91. The Morgan fingerprint density at radius 3 is 2.47 bits per heavy atom. The van der Waals surface area contributed by atoms with Crippen molar-refractivity contribution in [2.24, 2.45) is 4.99 Å². The summed E-state index contributed by atoms with van der Waals surface area (Å²) < 4.78 is 11.9. The molecule has 1 aliphatic carbocycles. The molecule has 0 spiro atoms. The van der Waals surface area contributed by atoms with E-state index >= 15 is 0 Å². The number of piperidine rings is 1. The molecular weight excluding hydrogens is 491 g/mol. The molecular formula is C23H45IN4O2. The molecule has 176 valence electrons. The number of halogens is 1. The number of hydrogen-bond donors (Lipinski definition) is 1. The standard InChI is InChI=1S/C23H44N4O2.HI/c1-24-23(25-14-8-15-26(2)20-9-4-3-5-10-20)27-16-12-21(13-17-27)29-19-22-11-6-7-18-28-22;/h20-22H,3-19H2,1-2H3,(H,24,25);1H. The van der Waals surface area contributed by atoms with Crippen molar-refractivity contribution in [1.29, 1.82) is 0 Å². The number of likely N-dealkylation sites (tertiary alicyclic amines) is 1. The van der Waals surface area contributed by atoms with Gasteiger partial charge in [0.2, 0.25) is 0 Å². The third kappa shape index (κ3) is 8.79. The van der Waals surface area contributed by atoms with Crippen molar-refractivity contribution in [1.82, 2.24) is 15.1 Å². The fraction of sp³-hybridized carbons (Fsp3) is 0.957. The summed E-state index contributed by atoms with van der Waals surface area (Å²) in [5.74, 6) is 1.05. The van der Waals surface area contributed by atoms with Crippen molar-refractivity contribution < 1.29 is 9.47 Å². The van der Waals surface area contributed by atoms with Gasteiger partial charge in [-0.25, -0.2) is 0 Å². The van der Waals surface area contributed by atoms with E-state index in [-0.39, 0.29) is 24.0 Å². The second kappa shape index (κ2) is 14.9. The molecule has 3 fully saturated rings. The molecule has 2 aliphatic heterocycles. The highest BCUT2D eigenvalue weighted by molar-refractivity contribution is 14.0. The molecule has 30 heavy (non-hydrogen) atoms. The van der Waals surface area contributed by atoms with Crippen LogP contribution in [0.4, 0.5) is 0 Å². The lowest BCUT2D eigenvalue weighted by atomic mass is 9.94. The van der Waals surface area contributed by atoms with Crippen LogP contribution in [-0.2, 0) is 9.47 Å². The fourth-order valence-corrected chi connectivity index (χ4v) is 4.98. The van der Waals surface area contributed by atoms with Crippen molar-refractivity contribution in [3.05, 3.63) is 0 Å². The lowest BCUT2D eigenvalue weighted by Crippen LogP contribution is -2.47. The molecule has 3 aliphatic rings. The van der Waals surface area contributed by atoms with Crippen LogP contribution < -0.4 is 5.32 Å². The van der Waals surface area contributed by atoms with Gasteiger partial charge in [-0.3, -0.25) is 4.99 Å². The van der Waals surface area contributed by atoms with Gasteiger partial charge in [-0.2, -0.15) is 0 Å². The quantitative estimate of drug-likeness (QED) is 0.221. The Morgan fingerprint density at radius 2 is 1.80 bits per heavy atom. The predicted octanol–water partition coefficient (Wildman–Crippen LogP) is 3.88. The van der Waals surface area contributed by atoms with E-state index in [1.165, 1.54) is 57.9 Å². The van der Waals surface area contributed by atoms with Crippen molar-refractivity contribution in [2.75, 3.05) is 53.5 Å².